The molecule has 162 valence electrons. The molecule has 1 aromatic heterocycles. The first-order valence-corrected chi connectivity index (χ1v) is 10.2. The van der Waals surface area contributed by atoms with Crippen molar-refractivity contribution in [2.24, 2.45) is 20.3 Å². The highest BCUT2D eigenvalue weighted by Gasteiger charge is 2.10. The summed E-state index contributed by atoms with van der Waals surface area (Å²) in [7, 11) is 0. The number of aryl methyl sites for hydroxylation is 4. The maximum atomic E-state index is 10.8. The second-order valence-electron chi connectivity index (χ2n) is 7.84. The molecule has 0 spiro atoms. The highest BCUT2D eigenvalue weighted by atomic mass is 16.3. The standard InChI is InChI=1S/C25H25N5O2/c1-14-10-20(29-31)11-15(2)24(14)26-18(5)22-8-7-9-23(28-22)19(6)27-25-16(3)12-21(30-32)13-17(25)4/h7-13H,1-6H3. The molecule has 0 bridgehead atoms. The zero-order valence-corrected chi connectivity index (χ0v) is 19.1. The van der Waals surface area contributed by atoms with Crippen molar-refractivity contribution in [1.29, 1.82) is 0 Å². The van der Waals surface area contributed by atoms with Crippen LogP contribution in [0.25, 0.3) is 0 Å². The first-order valence-electron chi connectivity index (χ1n) is 10.2. The van der Waals surface area contributed by atoms with Gasteiger partial charge in [0.1, 0.15) is 11.4 Å². The molecule has 0 aliphatic heterocycles. The van der Waals surface area contributed by atoms with E-state index in [1.165, 1.54) is 0 Å². The largest absolute Gasteiger partial charge is 0.251 e. The molecule has 1 heterocycles. The Balaban J connectivity index is 1.98. The molecule has 0 atom stereocenters. The Labute approximate surface area is 187 Å². The third-order valence-corrected chi connectivity index (χ3v) is 5.21. The Bertz CT molecular complexity index is 1130. The fourth-order valence-corrected chi connectivity index (χ4v) is 3.61. The molecule has 0 saturated heterocycles. The second kappa shape index (κ2) is 9.51. The number of benzene rings is 2. The van der Waals surface area contributed by atoms with Crippen LogP contribution >= 0.6 is 0 Å². The van der Waals surface area contributed by atoms with Crippen molar-refractivity contribution in [3.63, 3.8) is 0 Å². The van der Waals surface area contributed by atoms with Gasteiger partial charge in [0.05, 0.1) is 34.2 Å². The molecule has 0 fully saturated rings. The van der Waals surface area contributed by atoms with E-state index in [0.717, 1.165) is 56.4 Å². The number of hydrogen-bond donors (Lipinski definition) is 0. The Morgan fingerprint density at radius 1 is 0.656 bits per heavy atom. The van der Waals surface area contributed by atoms with E-state index in [1.54, 1.807) is 24.3 Å². The van der Waals surface area contributed by atoms with Crippen molar-refractivity contribution < 1.29 is 0 Å². The molecule has 0 aliphatic carbocycles. The van der Waals surface area contributed by atoms with Crippen molar-refractivity contribution in [3.05, 3.63) is 85.9 Å². The highest BCUT2D eigenvalue weighted by Crippen LogP contribution is 2.30. The second-order valence-corrected chi connectivity index (χ2v) is 7.84. The van der Waals surface area contributed by atoms with E-state index in [0.29, 0.717) is 11.4 Å². The van der Waals surface area contributed by atoms with Gasteiger partial charge < -0.3 is 0 Å². The molecule has 0 saturated carbocycles. The lowest BCUT2D eigenvalue weighted by Crippen LogP contribution is -2.05. The van der Waals surface area contributed by atoms with E-state index >= 15 is 0 Å². The van der Waals surface area contributed by atoms with Gasteiger partial charge in [-0.1, -0.05) is 6.07 Å². The van der Waals surface area contributed by atoms with E-state index < -0.39 is 0 Å². The zero-order valence-electron chi connectivity index (χ0n) is 19.1. The van der Waals surface area contributed by atoms with Crippen LogP contribution in [0.2, 0.25) is 0 Å². The Morgan fingerprint density at radius 2 is 1.00 bits per heavy atom. The van der Waals surface area contributed by atoms with Gasteiger partial charge in [-0.3, -0.25) is 9.98 Å². The van der Waals surface area contributed by atoms with Crippen LogP contribution in [0.15, 0.2) is 62.8 Å². The molecule has 2 aromatic carbocycles. The zero-order chi connectivity index (χ0) is 23.4. The van der Waals surface area contributed by atoms with E-state index in [-0.39, 0.29) is 0 Å². The van der Waals surface area contributed by atoms with Crippen molar-refractivity contribution in [2.75, 3.05) is 0 Å². The molecule has 7 nitrogen and oxygen atoms in total. The summed E-state index contributed by atoms with van der Waals surface area (Å²) in [5.41, 5.74) is 8.92. The van der Waals surface area contributed by atoms with Crippen LogP contribution in [0.3, 0.4) is 0 Å². The first kappa shape index (κ1) is 22.8. The van der Waals surface area contributed by atoms with E-state index in [1.807, 2.05) is 59.7 Å². The minimum atomic E-state index is 0.395. The summed E-state index contributed by atoms with van der Waals surface area (Å²) in [4.78, 5) is 36.0. The number of rotatable bonds is 6. The molecule has 0 aliphatic rings. The Kier molecular flexibility index (Phi) is 6.78. The van der Waals surface area contributed by atoms with Crippen LogP contribution in [0.4, 0.5) is 22.7 Å². The third-order valence-electron chi connectivity index (χ3n) is 5.21. The van der Waals surface area contributed by atoms with Crippen LogP contribution in [0.1, 0.15) is 47.5 Å². The maximum absolute atomic E-state index is 10.8. The quantitative estimate of drug-likeness (QED) is 0.303. The maximum Gasteiger partial charge on any atom is 0.108 e. The van der Waals surface area contributed by atoms with E-state index in [9.17, 15) is 9.81 Å². The monoisotopic (exact) mass is 427 g/mol. The number of nitrogens with zero attached hydrogens (tertiary/aromatic N) is 5. The molecular formula is C25H25N5O2. The van der Waals surface area contributed by atoms with Gasteiger partial charge in [-0.2, -0.15) is 0 Å². The van der Waals surface area contributed by atoms with Gasteiger partial charge in [0.2, 0.25) is 0 Å². The topological polar surface area (TPSA) is 96.5 Å². The molecule has 3 rings (SSSR count). The molecule has 0 radical (unpaired) electrons. The number of aliphatic imine (C=N–C) groups is 2. The molecule has 0 N–H and O–H groups in total. The van der Waals surface area contributed by atoms with Gasteiger partial charge >= 0.3 is 0 Å². The SMILES string of the molecule is CC(=Nc1c(C)cc(N=O)cc1C)c1cccc(C(C)=Nc2c(C)cc(N=O)cc2C)n1. The van der Waals surface area contributed by atoms with E-state index in [2.05, 4.69) is 10.4 Å². The first-order chi connectivity index (χ1) is 15.2. The molecule has 32 heavy (non-hydrogen) atoms. The highest BCUT2D eigenvalue weighted by molar-refractivity contribution is 6.02. The summed E-state index contributed by atoms with van der Waals surface area (Å²) in [6, 6.07) is 12.6. The number of hydrogen-bond acceptors (Lipinski definition) is 7. The summed E-state index contributed by atoms with van der Waals surface area (Å²) in [5.74, 6) is 0. The van der Waals surface area contributed by atoms with Gasteiger partial charge in [0.15, 0.2) is 0 Å². The van der Waals surface area contributed by atoms with Gasteiger partial charge in [0.25, 0.3) is 0 Å². The molecule has 7 heteroatoms. The van der Waals surface area contributed by atoms with Gasteiger partial charge in [-0.05, 0) is 111 Å². The Hall–Kier alpha value is -3.87. The van der Waals surface area contributed by atoms with Crippen molar-refractivity contribution in [1.82, 2.24) is 4.98 Å². The normalized spacial score (nSPS) is 12.1. The average Bonchev–Trinajstić information content (AvgIpc) is 2.78. The molecular weight excluding hydrogens is 402 g/mol. The fourth-order valence-electron chi connectivity index (χ4n) is 3.61. The van der Waals surface area contributed by atoms with Crippen LogP contribution in [-0.4, -0.2) is 16.4 Å². The third kappa shape index (κ3) is 4.88. The number of pyridine rings is 1. The summed E-state index contributed by atoms with van der Waals surface area (Å²) in [6.07, 6.45) is 0. The van der Waals surface area contributed by atoms with Gasteiger partial charge in [-0.15, -0.1) is 9.81 Å². The van der Waals surface area contributed by atoms with Gasteiger partial charge in [-0.25, -0.2) is 4.98 Å². The molecule has 0 unspecified atom stereocenters. The minimum absolute atomic E-state index is 0.395. The molecule has 3 aromatic rings. The van der Waals surface area contributed by atoms with Crippen LogP contribution in [0, 0.1) is 37.5 Å². The summed E-state index contributed by atoms with van der Waals surface area (Å²) in [6.45, 7) is 11.4. The smallest absolute Gasteiger partial charge is 0.108 e. The lowest BCUT2D eigenvalue weighted by molar-refractivity contribution is 1.22. The number of nitroso groups, excluding NO2 is 2. The summed E-state index contributed by atoms with van der Waals surface area (Å²) < 4.78 is 0. The molecule has 0 amide bonds. The van der Waals surface area contributed by atoms with E-state index in [4.69, 9.17) is 15.0 Å². The van der Waals surface area contributed by atoms with Crippen molar-refractivity contribution >= 4 is 34.2 Å². The predicted octanol–water partition coefficient (Wildman–Crippen LogP) is 7.39. The van der Waals surface area contributed by atoms with Crippen molar-refractivity contribution in [2.45, 2.75) is 41.5 Å². The lowest BCUT2D eigenvalue weighted by Gasteiger charge is -2.10. The average molecular weight is 428 g/mol. The van der Waals surface area contributed by atoms with Crippen LogP contribution < -0.4 is 0 Å². The van der Waals surface area contributed by atoms with Gasteiger partial charge in [0, 0.05) is 0 Å². The van der Waals surface area contributed by atoms with Crippen LogP contribution in [0.5, 0.6) is 0 Å². The predicted molar refractivity (Wildman–Crippen MR) is 131 cm³/mol. The minimum Gasteiger partial charge on any atom is -0.251 e. The Morgan fingerprint density at radius 3 is 1.31 bits per heavy atom. The number of aromatic nitrogens is 1. The fraction of sp³-hybridized carbons (Fsp3) is 0.240. The van der Waals surface area contributed by atoms with Crippen LogP contribution in [-0.2, 0) is 0 Å². The van der Waals surface area contributed by atoms with Crippen molar-refractivity contribution in [3.8, 4) is 0 Å². The summed E-state index contributed by atoms with van der Waals surface area (Å²) in [5, 5.41) is 6.03. The summed E-state index contributed by atoms with van der Waals surface area (Å²) >= 11 is 0. The lowest BCUT2D eigenvalue weighted by atomic mass is 10.1.